The molecule has 0 aromatic heterocycles. The first-order valence-electron chi connectivity index (χ1n) is 6.07. The van der Waals surface area contributed by atoms with Crippen LogP contribution in [0.25, 0.3) is 0 Å². The average Bonchev–Trinajstić information content (AvgIpc) is 2.30. The number of nitrogen functional groups attached to an aromatic ring is 1. The summed E-state index contributed by atoms with van der Waals surface area (Å²) in [6, 6.07) is 4.19. The van der Waals surface area contributed by atoms with Crippen LogP contribution in [0, 0.1) is 5.82 Å². The Balaban J connectivity index is 1.87. The fourth-order valence-electron chi connectivity index (χ4n) is 1.99. The van der Waals surface area contributed by atoms with Gasteiger partial charge in [0.2, 0.25) is 0 Å². The molecular formula is C13H17FN2O2. The molecule has 1 aliphatic rings. The summed E-state index contributed by atoms with van der Waals surface area (Å²) in [5.41, 5.74) is 5.70. The normalized spacial score (nSPS) is 22.3. The largest absolute Gasteiger partial charge is 0.396 e. The fourth-order valence-corrected chi connectivity index (χ4v) is 1.99. The van der Waals surface area contributed by atoms with E-state index in [2.05, 4.69) is 5.32 Å². The van der Waals surface area contributed by atoms with Crippen LogP contribution in [0.15, 0.2) is 18.2 Å². The van der Waals surface area contributed by atoms with E-state index >= 15 is 0 Å². The van der Waals surface area contributed by atoms with Gasteiger partial charge in [-0.2, -0.15) is 0 Å². The minimum absolute atomic E-state index is 0.0478. The summed E-state index contributed by atoms with van der Waals surface area (Å²) < 4.78 is 18.6. The Labute approximate surface area is 105 Å². The molecule has 1 aromatic rings. The Bertz CT molecular complexity index is 445. The molecule has 18 heavy (non-hydrogen) atoms. The standard InChI is InChI=1S/C13H17FN2O2/c1-2-18-10-6-9(7-10)16-13(17)8-3-4-12(15)11(14)5-8/h3-5,9-10H,2,6-7,15H2,1H3,(H,16,17). The second-order valence-electron chi connectivity index (χ2n) is 4.46. The molecule has 1 aliphatic carbocycles. The molecule has 1 aromatic carbocycles. The number of hydrogen-bond donors (Lipinski definition) is 2. The second-order valence-corrected chi connectivity index (χ2v) is 4.46. The topological polar surface area (TPSA) is 64.3 Å². The first-order chi connectivity index (χ1) is 8.60. The SMILES string of the molecule is CCOC1CC(NC(=O)c2ccc(N)c(F)c2)C1. The highest BCUT2D eigenvalue weighted by atomic mass is 19.1. The molecule has 5 heteroatoms. The van der Waals surface area contributed by atoms with Crippen LogP contribution in [-0.2, 0) is 4.74 Å². The second kappa shape index (κ2) is 5.35. The predicted octanol–water partition coefficient (Wildman–Crippen LogP) is 1.71. The molecule has 2 rings (SSSR count). The molecule has 1 saturated carbocycles. The summed E-state index contributed by atoms with van der Waals surface area (Å²) in [5.74, 6) is -0.836. The van der Waals surface area contributed by atoms with Crippen molar-refractivity contribution < 1.29 is 13.9 Å². The lowest BCUT2D eigenvalue weighted by Crippen LogP contribution is -2.47. The Morgan fingerprint density at radius 2 is 2.28 bits per heavy atom. The Kier molecular flexibility index (Phi) is 3.81. The molecule has 0 spiro atoms. The van der Waals surface area contributed by atoms with Gasteiger partial charge in [-0.05, 0) is 38.0 Å². The highest BCUT2D eigenvalue weighted by molar-refractivity contribution is 5.94. The number of halogens is 1. The van der Waals surface area contributed by atoms with Gasteiger partial charge in [0.25, 0.3) is 5.91 Å². The van der Waals surface area contributed by atoms with E-state index < -0.39 is 5.82 Å². The van der Waals surface area contributed by atoms with Crippen molar-refractivity contribution in [2.24, 2.45) is 0 Å². The summed E-state index contributed by atoms with van der Waals surface area (Å²) in [4.78, 5) is 11.8. The maximum Gasteiger partial charge on any atom is 0.251 e. The van der Waals surface area contributed by atoms with Gasteiger partial charge in [0.1, 0.15) is 5.82 Å². The molecule has 3 N–H and O–H groups in total. The highest BCUT2D eigenvalue weighted by Crippen LogP contribution is 2.23. The van der Waals surface area contributed by atoms with Gasteiger partial charge in [-0.25, -0.2) is 4.39 Å². The number of nitrogens with two attached hydrogens (primary N) is 1. The van der Waals surface area contributed by atoms with Crippen LogP contribution >= 0.6 is 0 Å². The van der Waals surface area contributed by atoms with E-state index in [4.69, 9.17) is 10.5 Å². The molecular weight excluding hydrogens is 235 g/mol. The number of rotatable bonds is 4. The van der Waals surface area contributed by atoms with Gasteiger partial charge < -0.3 is 15.8 Å². The molecule has 0 unspecified atom stereocenters. The lowest BCUT2D eigenvalue weighted by atomic mass is 9.89. The van der Waals surface area contributed by atoms with Crippen molar-refractivity contribution in [2.75, 3.05) is 12.3 Å². The fraction of sp³-hybridized carbons (Fsp3) is 0.462. The van der Waals surface area contributed by atoms with Gasteiger partial charge in [-0.15, -0.1) is 0 Å². The summed E-state index contributed by atoms with van der Waals surface area (Å²) in [6.07, 6.45) is 1.87. The summed E-state index contributed by atoms with van der Waals surface area (Å²) >= 11 is 0. The molecule has 4 nitrogen and oxygen atoms in total. The monoisotopic (exact) mass is 252 g/mol. The summed E-state index contributed by atoms with van der Waals surface area (Å²) in [5, 5.41) is 2.84. The third-order valence-corrected chi connectivity index (χ3v) is 3.10. The van der Waals surface area contributed by atoms with E-state index in [1.807, 2.05) is 6.92 Å². The van der Waals surface area contributed by atoms with E-state index in [1.165, 1.54) is 12.1 Å². The van der Waals surface area contributed by atoms with Crippen molar-refractivity contribution in [3.63, 3.8) is 0 Å². The van der Waals surface area contributed by atoms with Crippen LogP contribution in [-0.4, -0.2) is 24.7 Å². The minimum atomic E-state index is -0.566. The molecule has 0 atom stereocenters. The number of anilines is 1. The number of carbonyl (C=O) groups is 1. The molecule has 0 bridgehead atoms. The average molecular weight is 252 g/mol. The third kappa shape index (κ3) is 2.79. The number of hydrogen-bond acceptors (Lipinski definition) is 3. The zero-order valence-electron chi connectivity index (χ0n) is 10.3. The lowest BCUT2D eigenvalue weighted by molar-refractivity contribution is -0.00862. The number of ether oxygens (including phenoxy) is 1. The van der Waals surface area contributed by atoms with Gasteiger partial charge >= 0.3 is 0 Å². The Morgan fingerprint density at radius 1 is 1.56 bits per heavy atom. The van der Waals surface area contributed by atoms with Crippen LogP contribution < -0.4 is 11.1 Å². The number of benzene rings is 1. The van der Waals surface area contributed by atoms with Crippen molar-refractivity contribution in [3.8, 4) is 0 Å². The van der Waals surface area contributed by atoms with Gasteiger partial charge in [0.15, 0.2) is 0 Å². The van der Waals surface area contributed by atoms with Gasteiger partial charge in [0, 0.05) is 18.2 Å². The third-order valence-electron chi connectivity index (χ3n) is 3.10. The smallest absolute Gasteiger partial charge is 0.251 e. The Hall–Kier alpha value is -1.62. The van der Waals surface area contributed by atoms with E-state index in [0.717, 1.165) is 18.9 Å². The zero-order chi connectivity index (χ0) is 13.1. The summed E-state index contributed by atoms with van der Waals surface area (Å²) in [6.45, 7) is 2.64. The van der Waals surface area contributed by atoms with Gasteiger partial charge in [-0.3, -0.25) is 4.79 Å². The van der Waals surface area contributed by atoms with E-state index in [-0.39, 0.29) is 23.7 Å². The van der Waals surface area contributed by atoms with Crippen molar-refractivity contribution in [1.29, 1.82) is 0 Å². The number of carbonyl (C=O) groups excluding carboxylic acids is 1. The molecule has 0 aliphatic heterocycles. The van der Waals surface area contributed by atoms with Gasteiger partial charge in [0.05, 0.1) is 11.8 Å². The van der Waals surface area contributed by atoms with E-state index in [9.17, 15) is 9.18 Å². The molecule has 98 valence electrons. The molecule has 0 heterocycles. The van der Waals surface area contributed by atoms with Crippen molar-refractivity contribution in [2.45, 2.75) is 31.9 Å². The van der Waals surface area contributed by atoms with Crippen molar-refractivity contribution in [3.05, 3.63) is 29.6 Å². The summed E-state index contributed by atoms with van der Waals surface area (Å²) in [7, 11) is 0. The van der Waals surface area contributed by atoms with Crippen LogP contribution in [0.4, 0.5) is 10.1 Å². The lowest BCUT2D eigenvalue weighted by Gasteiger charge is -2.35. The van der Waals surface area contributed by atoms with Crippen LogP contribution in [0.2, 0.25) is 0 Å². The quantitative estimate of drug-likeness (QED) is 0.802. The highest BCUT2D eigenvalue weighted by Gasteiger charge is 2.30. The van der Waals surface area contributed by atoms with Crippen LogP contribution in [0.5, 0.6) is 0 Å². The predicted molar refractivity (Wildman–Crippen MR) is 66.7 cm³/mol. The van der Waals surface area contributed by atoms with Crippen LogP contribution in [0.3, 0.4) is 0 Å². The van der Waals surface area contributed by atoms with E-state index in [0.29, 0.717) is 12.2 Å². The van der Waals surface area contributed by atoms with Crippen LogP contribution in [0.1, 0.15) is 30.1 Å². The van der Waals surface area contributed by atoms with E-state index in [1.54, 1.807) is 0 Å². The first-order valence-corrected chi connectivity index (χ1v) is 6.07. The number of amides is 1. The minimum Gasteiger partial charge on any atom is -0.396 e. The maximum absolute atomic E-state index is 13.2. The molecule has 1 fully saturated rings. The molecule has 1 amide bonds. The van der Waals surface area contributed by atoms with Crippen molar-refractivity contribution >= 4 is 11.6 Å². The number of nitrogens with one attached hydrogen (secondary N) is 1. The van der Waals surface area contributed by atoms with Gasteiger partial charge in [-0.1, -0.05) is 0 Å². The zero-order valence-corrected chi connectivity index (χ0v) is 10.3. The first kappa shape index (κ1) is 12.8. The Morgan fingerprint density at radius 3 is 2.89 bits per heavy atom. The molecule has 0 radical (unpaired) electrons. The van der Waals surface area contributed by atoms with Crippen molar-refractivity contribution in [1.82, 2.24) is 5.32 Å². The maximum atomic E-state index is 13.2. The molecule has 0 saturated heterocycles.